The maximum Gasteiger partial charge on any atom is 0.247 e. The highest BCUT2D eigenvalue weighted by atomic mass is 35.5. The van der Waals surface area contributed by atoms with E-state index in [0.29, 0.717) is 29.7 Å². The van der Waals surface area contributed by atoms with Gasteiger partial charge in [0, 0.05) is 23.7 Å². The molecule has 0 spiro atoms. The van der Waals surface area contributed by atoms with Gasteiger partial charge in [0.25, 0.3) is 0 Å². The number of amides is 1. The first-order valence-electron chi connectivity index (χ1n) is 10.2. The first-order chi connectivity index (χ1) is 15.1. The van der Waals surface area contributed by atoms with Crippen LogP contribution in [-0.2, 0) is 17.9 Å². The van der Waals surface area contributed by atoms with Gasteiger partial charge in [-0.2, -0.15) is 0 Å². The van der Waals surface area contributed by atoms with E-state index in [4.69, 9.17) is 25.5 Å². The predicted molar refractivity (Wildman–Crippen MR) is 120 cm³/mol. The Kier molecular flexibility index (Phi) is 6.63. The third kappa shape index (κ3) is 5.50. The fourth-order valence-electron chi connectivity index (χ4n) is 3.31. The van der Waals surface area contributed by atoms with Gasteiger partial charge in [-0.25, -0.2) is 0 Å². The van der Waals surface area contributed by atoms with Gasteiger partial charge >= 0.3 is 0 Å². The summed E-state index contributed by atoms with van der Waals surface area (Å²) >= 11 is 6.20. The summed E-state index contributed by atoms with van der Waals surface area (Å²) in [6.07, 6.45) is 7.01. The summed E-state index contributed by atoms with van der Waals surface area (Å²) in [6.45, 7) is 0.802. The Morgan fingerprint density at radius 1 is 1.16 bits per heavy atom. The van der Waals surface area contributed by atoms with Crippen molar-refractivity contribution in [2.45, 2.75) is 32.0 Å². The molecule has 0 radical (unpaired) electrons. The molecule has 0 aliphatic heterocycles. The van der Waals surface area contributed by atoms with E-state index in [-0.39, 0.29) is 11.9 Å². The fourth-order valence-corrected chi connectivity index (χ4v) is 3.51. The summed E-state index contributed by atoms with van der Waals surface area (Å²) in [5, 5.41) is 0.623. The number of halogens is 1. The van der Waals surface area contributed by atoms with Crippen molar-refractivity contribution >= 4 is 23.6 Å². The first-order valence-corrected chi connectivity index (χ1v) is 10.6. The molecule has 1 aliphatic rings. The number of carbonyl (C=O) groups is 1. The van der Waals surface area contributed by atoms with Crippen LogP contribution in [0.25, 0.3) is 6.08 Å². The SMILES string of the molecule is COc1ccc(CN(C(=O)/C=C/c2ccccc2Cl)C2CC2)cc1OCc1ccco1. The Labute approximate surface area is 186 Å². The molecule has 160 valence electrons. The average Bonchev–Trinajstić information content (AvgIpc) is 3.49. The van der Waals surface area contributed by atoms with E-state index in [1.54, 1.807) is 25.5 Å². The normalized spacial score (nSPS) is 13.4. The van der Waals surface area contributed by atoms with Crippen molar-refractivity contribution in [2.24, 2.45) is 0 Å². The quantitative estimate of drug-likeness (QED) is 0.401. The van der Waals surface area contributed by atoms with E-state index in [9.17, 15) is 4.79 Å². The van der Waals surface area contributed by atoms with Crippen molar-refractivity contribution in [3.05, 3.63) is 88.8 Å². The summed E-state index contributed by atoms with van der Waals surface area (Å²) in [5.74, 6) is 1.95. The lowest BCUT2D eigenvalue weighted by Gasteiger charge is -2.22. The number of furan rings is 1. The maximum absolute atomic E-state index is 12.9. The zero-order chi connectivity index (χ0) is 21.6. The van der Waals surface area contributed by atoms with Gasteiger partial charge in [-0.1, -0.05) is 35.9 Å². The molecular weight excluding hydrogens is 414 g/mol. The molecule has 3 aromatic rings. The molecule has 0 N–H and O–H groups in total. The third-order valence-corrected chi connectivity index (χ3v) is 5.46. The summed E-state index contributed by atoms with van der Waals surface area (Å²) in [6, 6.07) is 17.1. The second kappa shape index (κ2) is 9.75. The lowest BCUT2D eigenvalue weighted by Crippen LogP contribution is -2.31. The average molecular weight is 438 g/mol. The smallest absolute Gasteiger partial charge is 0.247 e. The van der Waals surface area contributed by atoms with Gasteiger partial charge in [0.2, 0.25) is 5.91 Å². The largest absolute Gasteiger partial charge is 0.493 e. The van der Waals surface area contributed by atoms with Crippen LogP contribution in [0.2, 0.25) is 5.02 Å². The Morgan fingerprint density at radius 2 is 2.00 bits per heavy atom. The molecule has 4 rings (SSSR count). The number of carbonyl (C=O) groups excluding carboxylic acids is 1. The number of methoxy groups -OCH3 is 1. The molecule has 1 saturated carbocycles. The van der Waals surface area contributed by atoms with Crippen LogP contribution in [0.3, 0.4) is 0 Å². The van der Waals surface area contributed by atoms with E-state index in [0.717, 1.165) is 29.7 Å². The molecule has 0 saturated heterocycles. The highest BCUT2D eigenvalue weighted by molar-refractivity contribution is 6.32. The van der Waals surface area contributed by atoms with Crippen LogP contribution in [-0.4, -0.2) is 24.0 Å². The number of ether oxygens (including phenoxy) is 2. The van der Waals surface area contributed by atoms with Crippen molar-refractivity contribution in [3.8, 4) is 11.5 Å². The highest BCUT2D eigenvalue weighted by Gasteiger charge is 2.31. The van der Waals surface area contributed by atoms with Crippen molar-refractivity contribution in [1.29, 1.82) is 0 Å². The van der Waals surface area contributed by atoms with Gasteiger partial charge in [0.05, 0.1) is 13.4 Å². The summed E-state index contributed by atoms with van der Waals surface area (Å²) < 4.78 is 16.7. The molecule has 2 aromatic carbocycles. The topological polar surface area (TPSA) is 51.9 Å². The molecule has 5 nitrogen and oxygen atoms in total. The van der Waals surface area contributed by atoms with Gasteiger partial charge < -0.3 is 18.8 Å². The van der Waals surface area contributed by atoms with Crippen LogP contribution in [0, 0.1) is 0 Å². The van der Waals surface area contributed by atoms with Crippen LogP contribution < -0.4 is 9.47 Å². The molecule has 1 fully saturated rings. The van der Waals surface area contributed by atoms with E-state index in [1.807, 2.05) is 59.5 Å². The molecule has 1 amide bonds. The minimum absolute atomic E-state index is 0.0312. The van der Waals surface area contributed by atoms with E-state index < -0.39 is 0 Å². The minimum Gasteiger partial charge on any atom is -0.493 e. The Bertz CT molecular complexity index is 1060. The number of hydrogen-bond acceptors (Lipinski definition) is 4. The number of hydrogen-bond donors (Lipinski definition) is 0. The molecule has 1 heterocycles. The van der Waals surface area contributed by atoms with Gasteiger partial charge in [0.15, 0.2) is 11.5 Å². The molecule has 0 atom stereocenters. The standard InChI is InChI=1S/C25H24ClNO4/c1-29-23-12-8-18(15-24(23)31-17-21-6-4-14-30-21)16-27(20-10-11-20)25(28)13-9-19-5-2-3-7-22(19)26/h2-9,12-15,20H,10-11,16-17H2,1H3/b13-9+. The van der Waals surface area contributed by atoms with E-state index in [2.05, 4.69) is 0 Å². The van der Waals surface area contributed by atoms with Crippen LogP contribution >= 0.6 is 11.6 Å². The number of benzene rings is 2. The monoisotopic (exact) mass is 437 g/mol. The number of rotatable bonds is 9. The molecule has 6 heteroatoms. The Morgan fingerprint density at radius 3 is 2.71 bits per heavy atom. The molecule has 1 aliphatic carbocycles. The third-order valence-electron chi connectivity index (χ3n) is 5.11. The summed E-state index contributed by atoms with van der Waals surface area (Å²) in [7, 11) is 1.61. The molecular formula is C25H24ClNO4. The summed E-state index contributed by atoms with van der Waals surface area (Å²) in [5.41, 5.74) is 1.80. The van der Waals surface area contributed by atoms with Gasteiger partial charge in [0.1, 0.15) is 12.4 Å². The Hall–Kier alpha value is -3.18. The van der Waals surface area contributed by atoms with Crippen LogP contribution in [0.15, 0.2) is 71.4 Å². The lowest BCUT2D eigenvalue weighted by molar-refractivity contribution is -0.127. The lowest BCUT2D eigenvalue weighted by atomic mass is 10.1. The molecule has 0 unspecified atom stereocenters. The summed E-state index contributed by atoms with van der Waals surface area (Å²) in [4.78, 5) is 14.8. The molecule has 31 heavy (non-hydrogen) atoms. The Balaban J connectivity index is 1.48. The van der Waals surface area contributed by atoms with Crippen LogP contribution in [0.5, 0.6) is 11.5 Å². The van der Waals surface area contributed by atoms with Crippen LogP contribution in [0.1, 0.15) is 29.7 Å². The van der Waals surface area contributed by atoms with Gasteiger partial charge in [-0.05, 0) is 60.4 Å². The van der Waals surface area contributed by atoms with Crippen LogP contribution in [0.4, 0.5) is 0 Å². The molecule has 0 bridgehead atoms. The second-order valence-electron chi connectivity index (χ2n) is 7.41. The zero-order valence-corrected chi connectivity index (χ0v) is 18.0. The van der Waals surface area contributed by atoms with Crippen molar-refractivity contribution in [3.63, 3.8) is 0 Å². The fraction of sp³-hybridized carbons (Fsp3) is 0.240. The number of nitrogens with zero attached hydrogens (tertiary/aromatic N) is 1. The van der Waals surface area contributed by atoms with E-state index >= 15 is 0 Å². The predicted octanol–water partition coefficient (Wildman–Crippen LogP) is 5.73. The highest BCUT2D eigenvalue weighted by Crippen LogP contribution is 2.32. The van der Waals surface area contributed by atoms with E-state index in [1.165, 1.54) is 0 Å². The zero-order valence-electron chi connectivity index (χ0n) is 17.3. The second-order valence-corrected chi connectivity index (χ2v) is 7.81. The first kappa shape index (κ1) is 21.1. The molecule has 1 aromatic heterocycles. The minimum atomic E-state index is -0.0312. The van der Waals surface area contributed by atoms with Gasteiger partial charge in [-0.15, -0.1) is 0 Å². The van der Waals surface area contributed by atoms with Crippen molar-refractivity contribution in [2.75, 3.05) is 7.11 Å². The van der Waals surface area contributed by atoms with Crippen molar-refractivity contribution in [1.82, 2.24) is 4.90 Å². The van der Waals surface area contributed by atoms with Crippen molar-refractivity contribution < 1.29 is 18.7 Å². The van der Waals surface area contributed by atoms with Gasteiger partial charge in [-0.3, -0.25) is 4.79 Å². The maximum atomic E-state index is 12.9.